The van der Waals surface area contributed by atoms with Crippen molar-refractivity contribution < 1.29 is 40.7 Å². The summed E-state index contributed by atoms with van der Waals surface area (Å²) in [7, 11) is -6.81. The van der Waals surface area contributed by atoms with Crippen LogP contribution in [0.25, 0.3) is 6.08 Å². The minimum atomic E-state index is -3.97. The van der Waals surface area contributed by atoms with Crippen LogP contribution in [-0.2, 0) is 23.9 Å². The van der Waals surface area contributed by atoms with Gasteiger partial charge in [0.05, 0.1) is 4.90 Å². The quantitative estimate of drug-likeness (QED) is 0.120. The number of guanidine groups is 1. The van der Waals surface area contributed by atoms with E-state index in [-0.39, 0.29) is 34.9 Å². The molecule has 0 saturated heterocycles. The van der Waals surface area contributed by atoms with Gasteiger partial charge in [-0.05, 0) is 55.0 Å². The van der Waals surface area contributed by atoms with E-state index >= 15 is 0 Å². The molecule has 2 aromatic carbocycles. The molecular weight excluding hydrogens is 497 g/mol. The number of hydrogen-bond acceptors (Lipinski definition) is 6. The molecule has 1 unspecified atom stereocenters. The molecule has 0 aliphatic carbocycles. The predicted molar refractivity (Wildman–Crippen MR) is 118 cm³/mol. The van der Waals surface area contributed by atoms with Crippen LogP contribution in [0.15, 0.2) is 51.9 Å². The highest BCUT2D eigenvalue weighted by atomic mass is 32.2. The van der Waals surface area contributed by atoms with Crippen molar-refractivity contribution >= 4 is 36.2 Å². The first-order valence-electron chi connectivity index (χ1n) is 9.27. The van der Waals surface area contributed by atoms with Crippen molar-refractivity contribution in [2.45, 2.75) is 11.8 Å². The number of nitrogens with zero attached hydrogens (tertiary/aromatic N) is 1. The smallest absolute Gasteiger partial charge is 0.451 e. The van der Waals surface area contributed by atoms with E-state index in [1.165, 1.54) is 25.1 Å². The monoisotopic (exact) mass is 517 g/mol. The molecule has 0 heterocycles. The summed E-state index contributed by atoms with van der Waals surface area (Å²) in [4.78, 5) is 23.4. The maximum absolute atomic E-state index is 14.5. The third-order valence-electron chi connectivity index (χ3n) is 3.92. The minimum absolute atomic E-state index is 0.0150. The number of sulfonamides is 1. The molecule has 0 saturated carbocycles. The Labute approximate surface area is 194 Å². The van der Waals surface area contributed by atoms with Crippen molar-refractivity contribution in [1.29, 1.82) is 0 Å². The van der Waals surface area contributed by atoms with Gasteiger partial charge >= 0.3 is 8.25 Å². The molecular formula is C19H20F2N4O7PS+. The summed E-state index contributed by atoms with van der Waals surface area (Å²) >= 11 is 0. The summed E-state index contributed by atoms with van der Waals surface area (Å²) in [6.45, 7) is 0.786. The SMILES string of the molecule is C/C(=C\c1cc(F)c(Oc2ccc(S(=O)(=O)NCCO[P+](=O)O)cc2)c(F)c1)C(=O)N=C(N)N. The number of nitrogens with one attached hydrogen (secondary N) is 1. The summed E-state index contributed by atoms with van der Waals surface area (Å²) < 4.78 is 75.4. The third kappa shape index (κ3) is 7.93. The van der Waals surface area contributed by atoms with Gasteiger partial charge in [0.2, 0.25) is 10.0 Å². The van der Waals surface area contributed by atoms with Crippen LogP contribution in [0.5, 0.6) is 11.5 Å². The van der Waals surface area contributed by atoms with Crippen molar-refractivity contribution in [2.75, 3.05) is 13.2 Å². The molecule has 2 rings (SSSR count). The first-order chi connectivity index (χ1) is 15.9. The van der Waals surface area contributed by atoms with E-state index in [0.717, 1.165) is 24.3 Å². The Hall–Kier alpha value is -3.29. The molecule has 0 bridgehead atoms. The molecule has 34 heavy (non-hydrogen) atoms. The highest BCUT2D eigenvalue weighted by Crippen LogP contribution is 2.30. The number of hydrogen-bond donors (Lipinski definition) is 4. The highest BCUT2D eigenvalue weighted by molar-refractivity contribution is 7.89. The third-order valence-corrected chi connectivity index (χ3v) is 5.80. The molecule has 0 aliphatic rings. The van der Waals surface area contributed by atoms with Crippen LogP contribution in [0, 0.1) is 11.6 Å². The molecule has 0 aromatic heterocycles. The number of amides is 1. The van der Waals surface area contributed by atoms with Gasteiger partial charge in [-0.25, -0.2) is 21.9 Å². The molecule has 0 spiro atoms. The zero-order valence-electron chi connectivity index (χ0n) is 17.6. The summed E-state index contributed by atoms with van der Waals surface area (Å²) in [5.41, 5.74) is 10.3. The van der Waals surface area contributed by atoms with Crippen molar-refractivity contribution in [3.05, 3.63) is 59.2 Å². The lowest BCUT2D eigenvalue weighted by molar-refractivity contribution is -0.114. The van der Waals surface area contributed by atoms with Gasteiger partial charge in [-0.1, -0.05) is 0 Å². The maximum atomic E-state index is 14.5. The Balaban J connectivity index is 2.14. The van der Waals surface area contributed by atoms with Crippen LogP contribution in [0.1, 0.15) is 12.5 Å². The summed E-state index contributed by atoms with van der Waals surface area (Å²) in [6, 6.07) is 6.49. The number of ether oxygens (including phenoxy) is 1. The molecule has 0 radical (unpaired) electrons. The van der Waals surface area contributed by atoms with Crippen molar-refractivity contribution in [2.24, 2.45) is 16.5 Å². The van der Waals surface area contributed by atoms with E-state index in [9.17, 15) is 26.6 Å². The van der Waals surface area contributed by atoms with Gasteiger partial charge in [0.15, 0.2) is 23.3 Å². The number of carbonyl (C=O) groups is 1. The highest BCUT2D eigenvalue weighted by Gasteiger charge is 2.18. The fourth-order valence-corrected chi connectivity index (χ4v) is 3.73. The molecule has 182 valence electrons. The molecule has 1 atom stereocenters. The van der Waals surface area contributed by atoms with Gasteiger partial charge in [0.25, 0.3) is 5.91 Å². The Morgan fingerprint density at radius 1 is 1.21 bits per heavy atom. The summed E-state index contributed by atoms with van der Waals surface area (Å²) in [5, 5.41) is 0. The minimum Gasteiger partial charge on any atom is -0.451 e. The van der Waals surface area contributed by atoms with Gasteiger partial charge in [-0.3, -0.25) is 4.79 Å². The van der Waals surface area contributed by atoms with Crippen molar-refractivity contribution in [3.63, 3.8) is 0 Å². The van der Waals surface area contributed by atoms with Crippen LogP contribution in [0.2, 0.25) is 0 Å². The summed E-state index contributed by atoms with van der Waals surface area (Å²) in [5.74, 6) is -4.18. The van der Waals surface area contributed by atoms with E-state index in [4.69, 9.17) is 21.1 Å². The molecule has 0 fully saturated rings. The van der Waals surface area contributed by atoms with Crippen molar-refractivity contribution in [3.8, 4) is 11.5 Å². The Kier molecular flexibility index (Phi) is 9.29. The summed E-state index contributed by atoms with van der Waals surface area (Å²) in [6.07, 6.45) is 1.18. The van der Waals surface area contributed by atoms with Crippen molar-refractivity contribution in [1.82, 2.24) is 4.72 Å². The van der Waals surface area contributed by atoms with Gasteiger partial charge in [-0.15, -0.1) is 9.42 Å². The number of carbonyl (C=O) groups excluding carboxylic acids is 1. The lowest BCUT2D eigenvalue weighted by atomic mass is 10.1. The number of benzene rings is 2. The average Bonchev–Trinajstić information content (AvgIpc) is 2.73. The average molecular weight is 517 g/mol. The first-order valence-corrected chi connectivity index (χ1v) is 11.9. The normalized spacial score (nSPS) is 12.2. The lowest BCUT2D eigenvalue weighted by Gasteiger charge is -2.10. The Bertz CT molecular complexity index is 1220. The maximum Gasteiger partial charge on any atom is 0.694 e. The standard InChI is InChI=1S/C19H19F2N4O7PS/c1-11(18(26)25-19(22)23)8-12-9-15(20)17(16(21)10-12)32-13-2-4-14(5-3-13)34(29,30)24-6-7-31-33(27)28/h2-5,8-10,24H,6-7H2,1H3,(H4-,22,23,25,26,27,28)/p+1/b11-8+. The van der Waals surface area contributed by atoms with Crippen LogP contribution < -0.4 is 20.9 Å². The molecule has 0 aliphatic heterocycles. The second-order valence-electron chi connectivity index (χ2n) is 6.53. The van der Waals surface area contributed by atoms with Crippen LogP contribution in [-0.4, -0.2) is 38.3 Å². The van der Waals surface area contributed by atoms with Gasteiger partial charge in [0.1, 0.15) is 12.4 Å². The molecule has 11 nitrogen and oxygen atoms in total. The number of nitrogens with two attached hydrogens (primary N) is 2. The second kappa shape index (κ2) is 11.7. The lowest BCUT2D eigenvalue weighted by Crippen LogP contribution is -2.26. The van der Waals surface area contributed by atoms with E-state index in [1.807, 2.05) is 0 Å². The Morgan fingerprint density at radius 3 is 2.32 bits per heavy atom. The fourth-order valence-electron chi connectivity index (χ4n) is 2.47. The first kappa shape index (κ1) is 27.0. The zero-order valence-corrected chi connectivity index (χ0v) is 19.3. The molecule has 6 N–H and O–H groups in total. The van der Waals surface area contributed by atoms with E-state index in [0.29, 0.717) is 0 Å². The number of rotatable bonds is 10. The molecule has 1 amide bonds. The van der Waals surface area contributed by atoms with E-state index < -0.39 is 47.5 Å². The second-order valence-corrected chi connectivity index (χ2v) is 9.03. The van der Waals surface area contributed by atoms with Crippen LogP contribution in [0.3, 0.4) is 0 Å². The number of halogens is 2. The van der Waals surface area contributed by atoms with E-state index in [1.54, 1.807) is 0 Å². The topological polar surface area (TPSA) is 183 Å². The Morgan fingerprint density at radius 2 is 1.79 bits per heavy atom. The molecule has 15 heteroatoms. The van der Waals surface area contributed by atoms with E-state index in [2.05, 4.69) is 14.2 Å². The zero-order chi connectivity index (χ0) is 25.5. The molecule has 2 aromatic rings. The largest absolute Gasteiger partial charge is 0.694 e. The van der Waals surface area contributed by atoms with Gasteiger partial charge in [0, 0.05) is 16.7 Å². The fraction of sp³-hybridized carbons (Fsp3) is 0.158. The van der Waals surface area contributed by atoms with Gasteiger partial charge < -0.3 is 16.2 Å². The predicted octanol–water partition coefficient (Wildman–Crippen LogP) is 1.90. The van der Waals surface area contributed by atoms with Crippen LogP contribution >= 0.6 is 8.25 Å². The van der Waals surface area contributed by atoms with Crippen LogP contribution in [0.4, 0.5) is 8.78 Å². The number of aliphatic imine (C=N–C) groups is 1. The van der Waals surface area contributed by atoms with Gasteiger partial charge in [-0.2, -0.15) is 4.99 Å².